The third kappa shape index (κ3) is 4.84. The zero-order valence-corrected chi connectivity index (χ0v) is 13.0. The minimum Gasteiger partial charge on any atom is -0.457 e. The molecule has 0 heterocycles. The lowest BCUT2D eigenvalue weighted by Gasteiger charge is -2.15. The first-order valence-corrected chi connectivity index (χ1v) is 8.15. The van der Waals surface area contributed by atoms with Gasteiger partial charge in [-0.05, 0) is 60.4 Å². The normalized spacial score (nSPS) is 11.6. The Morgan fingerprint density at radius 3 is 2.33 bits per heavy atom. The highest BCUT2D eigenvalue weighted by atomic mass is 32.2. The Balaban J connectivity index is 1.99. The van der Waals surface area contributed by atoms with Crippen LogP contribution in [0.5, 0.6) is 11.5 Å². The van der Waals surface area contributed by atoms with Crippen LogP contribution in [0, 0.1) is 10.7 Å². The zero-order valence-electron chi connectivity index (χ0n) is 12.2. The summed E-state index contributed by atoms with van der Waals surface area (Å²) in [6.07, 6.45) is 2.12. The predicted octanol–water partition coefficient (Wildman–Crippen LogP) is 5.58. The van der Waals surface area contributed by atoms with Gasteiger partial charge in [0.25, 0.3) is 0 Å². The molecule has 0 aliphatic carbocycles. The van der Waals surface area contributed by atoms with Gasteiger partial charge in [-0.1, -0.05) is 37.3 Å². The Morgan fingerprint density at radius 1 is 1.05 bits per heavy atom. The van der Waals surface area contributed by atoms with E-state index in [0.717, 1.165) is 30.1 Å². The zero-order chi connectivity index (χ0) is 14.9. The third-order valence-electron chi connectivity index (χ3n) is 3.46. The monoisotopic (exact) mass is 297 g/mol. The van der Waals surface area contributed by atoms with Crippen LogP contribution in [0.1, 0.15) is 31.2 Å². The van der Waals surface area contributed by atoms with Crippen molar-refractivity contribution in [3.63, 3.8) is 0 Å². The first-order chi connectivity index (χ1) is 10.3. The molecule has 2 aromatic rings. The lowest BCUT2D eigenvalue weighted by molar-refractivity contribution is 0.482. The molecule has 0 aliphatic rings. The molecular formula is C18H19NOS. The fraction of sp³-hybridized carbons (Fsp3) is 0.278. The predicted molar refractivity (Wildman–Crippen MR) is 88.7 cm³/mol. The maximum Gasteiger partial charge on any atom is 0.133 e. The molecule has 0 spiro atoms. The Hall–Kier alpha value is -1.92. The van der Waals surface area contributed by atoms with E-state index < -0.39 is 0 Å². The molecule has 0 N–H and O–H groups in total. The van der Waals surface area contributed by atoms with Crippen LogP contribution < -0.4 is 4.74 Å². The Morgan fingerprint density at radius 2 is 1.71 bits per heavy atom. The summed E-state index contributed by atoms with van der Waals surface area (Å²) in [6.45, 7) is 2.19. The highest BCUT2D eigenvalue weighted by molar-refractivity contribution is 8.03. The molecular weight excluding hydrogens is 278 g/mol. The van der Waals surface area contributed by atoms with Crippen molar-refractivity contribution < 1.29 is 4.74 Å². The number of thioether (sulfide) groups is 1. The van der Waals surface area contributed by atoms with Gasteiger partial charge in [-0.3, -0.25) is 0 Å². The molecule has 0 aliphatic heterocycles. The molecule has 108 valence electrons. The number of nitriles is 1. The number of hydrogen-bond acceptors (Lipinski definition) is 3. The number of benzene rings is 2. The average Bonchev–Trinajstić information content (AvgIpc) is 2.54. The molecule has 0 fully saturated rings. The van der Waals surface area contributed by atoms with Gasteiger partial charge < -0.3 is 4.74 Å². The highest BCUT2D eigenvalue weighted by Gasteiger charge is 2.09. The molecule has 0 radical (unpaired) electrons. The van der Waals surface area contributed by atoms with Gasteiger partial charge in [0, 0.05) is 5.75 Å². The topological polar surface area (TPSA) is 33.0 Å². The number of thiocyanates is 1. The number of ether oxygens (including phenoxy) is 1. The molecule has 0 saturated heterocycles. The van der Waals surface area contributed by atoms with E-state index in [2.05, 4.69) is 24.5 Å². The van der Waals surface area contributed by atoms with Gasteiger partial charge in [0.1, 0.15) is 16.9 Å². The second kappa shape index (κ2) is 8.39. The van der Waals surface area contributed by atoms with E-state index in [1.807, 2.05) is 42.5 Å². The van der Waals surface area contributed by atoms with Crippen LogP contribution in [-0.4, -0.2) is 5.75 Å². The van der Waals surface area contributed by atoms with Crippen LogP contribution in [0.4, 0.5) is 0 Å². The van der Waals surface area contributed by atoms with Gasteiger partial charge in [-0.15, -0.1) is 0 Å². The van der Waals surface area contributed by atoms with Crippen molar-refractivity contribution in [2.24, 2.45) is 0 Å². The summed E-state index contributed by atoms with van der Waals surface area (Å²) in [7, 11) is 0. The minimum absolute atomic E-state index is 0.511. The molecule has 0 bridgehead atoms. The van der Waals surface area contributed by atoms with E-state index in [9.17, 15) is 0 Å². The minimum atomic E-state index is 0.511. The molecule has 2 nitrogen and oxygen atoms in total. The lowest BCUT2D eigenvalue weighted by Crippen LogP contribution is -1.99. The number of rotatable bonds is 7. The SMILES string of the molecule is CCC(CCSC#N)c1ccc(Oc2ccccc2)cc1. The molecule has 1 unspecified atom stereocenters. The number of para-hydroxylation sites is 1. The van der Waals surface area contributed by atoms with Crippen LogP contribution >= 0.6 is 11.8 Å². The van der Waals surface area contributed by atoms with Crippen molar-refractivity contribution in [3.05, 3.63) is 60.2 Å². The molecule has 1 atom stereocenters. The Labute approximate surface area is 130 Å². The van der Waals surface area contributed by atoms with Crippen LogP contribution in [0.15, 0.2) is 54.6 Å². The summed E-state index contributed by atoms with van der Waals surface area (Å²) in [6, 6.07) is 18.1. The van der Waals surface area contributed by atoms with E-state index >= 15 is 0 Å². The van der Waals surface area contributed by atoms with Crippen molar-refractivity contribution in [1.29, 1.82) is 5.26 Å². The van der Waals surface area contributed by atoms with Crippen LogP contribution in [0.3, 0.4) is 0 Å². The average molecular weight is 297 g/mol. The maximum absolute atomic E-state index is 8.60. The summed E-state index contributed by atoms with van der Waals surface area (Å²) in [5, 5.41) is 10.7. The van der Waals surface area contributed by atoms with E-state index in [4.69, 9.17) is 10.00 Å². The van der Waals surface area contributed by atoms with Crippen LogP contribution in [0.25, 0.3) is 0 Å². The molecule has 0 saturated carbocycles. The van der Waals surface area contributed by atoms with Gasteiger partial charge in [-0.2, -0.15) is 5.26 Å². The summed E-state index contributed by atoms with van der Waals surface area (Å²) >= 11 is 1.33. The van der Waals surface area contributed by atoms with Gasteiger partial charge in [0.05, 0.1) is 0 Å². The second-order valence-corrected chi connectivity index (χ2v) is 5.70. The Kier molecular flexibility index (Phi) is 6.18. The van der Waals surface area contributed by atoms with E-state index in [0.29, 0.717) is 5.92 Å². The Bertz CT molecular complexity index is 574. The quantitative estimate of drug-likeness (QED) is 0.494. The molecule has 21 heavy (non-hydrogen) atoms. The van der Waals surface area contributed by atoms with E-state index in [-0.39, 0.29) is 0 Å². The smallest absolute Gasteiger partial charge is 0.133 e. The van der Waals surface area contributed by atoms with Crippen molar-refractivity contribution >= 4 is 11.8 Å². The fourth-order valence-corrected chi connectivity index (χ4v) is 2.78. The largest absolute Gasteiger partial charge is 0.457 e. The summed E-state index contributed by atoms with van der Waals surface area (Å²) in [5.41, 5.74) is 1.32. The van der Waals surface area contributed by atoms with E-state index in [1.54, 1.807) is 0 Å². The third-order valence-corrected chi connectivity index (χ3v) is 4.03. The van der Waals surface area contributed by atoms with Crippen molar-refractivity contribution in [2.75, 3.05) is 5.75 Å². The van der Waals surface area contributed by atoms with Crippen LogP contribution in [-0.2, 0) is 0 Å². The molecule has 2 aromatic carbocycles. The van der Waals surface area contributed by atoms with Crippen molar-refractivity contribution in [1.82, 2.24) is 0 Å². The highest BCUT2D eigenvalue weighted by Crippen LogP contribution is 2.28. The standard InChI is InChI=1S/C18H19NOS/c1-2-15(12-13-21-14-19)16-8-10-18(11-9-16)20-17-6-4-3-5-7-17/h3-11,15H,2,12-13H2,1H3. The first-order valence-electron chi connectivity index (χ1n) is 7.17. The first kappa shape index (κ1) is 15.5. The van der Waals surface area contributed by atoms with Crippen molar-refractivity contribution in [2.45, 2.75) is 25.7 Å². The molecule has 2 rings (SSSR count). The molecule has 0 amide bonds. The van der Waals surface area contributed by atoms with Gasteiger partial charge in [0.2, 0.25) is 0 Å². The maximum atomic E-state index is 8.60. The molecule has 3 heteroatoms. The summed E-state index contributed by atoms with van der Waals surface area (Å²) in [5.74, 6) is 3.10. The second-order valence-electron chi connectivity index (χ2n) is 4.82. The summed E-state index contributed by atoms with van der Waals surface area (Å²) in [4.78, 5) is 0. The lowest BCUT2D eigenvalue weighted by atomic mass is 9.94. The number of nitrogens with zero attached hydrogens (tertiary/aromatic N) is 1. The fourth-order valence-electron chi connectivity index (χ4n) is 2.29. The van der Waals surface area contributed by atoms with Gasteiger partial charge in [-0.25, -0.2) is 0 Å². The van der Waals surface area contributed by atoms with E-state index in [1.165, 1.54) is 17.3 Å². The van der Waals surface area contributed by atoms with Gasteiger partial charge in [0.15, 0.2) is 0 Å². The summed E-state index contributed by atoms with van der Waals surface area (Å²) < 4.78 is 5.80. The molecule has 0 aromatic heterocycles. The van der Waals surface area contributed by atoms with Gasteiger partial charge >= 0.3 is 0 Å². The van der Waals surface area contributed by atoms with Crippen molar-refractivity contribution in [3.8, 4) is 16.9 Å². The van der Waals surface area contributed by atoms with Crippen LogP contribution in [0.2, 0.25) is 0 Å². The number of hydrogen-bond donors (Lipinski definition) is 0.